The fourth-order valence-electron chi connectivity index (χ4n) is 2.66. The van der Waals surface area contributed by atoms with Crippen molar-refractivity contribution in [2.45, 2.75) is 31.8 Å². The molecule has 0 aliphatic heterocycles. The summed E-state index contributed by atoms with van der Waals surface area (Å²) in [5.41, 5.74) is 3.51. The smallest absolute Gasteiger partial charge is 0.0750 e. The van der Waals surface area contributed by atoms with E-state index in [1.54, 1.807) is 0 Å². The first-order valence-corrected chi connectivity index (χ1v) is 6.54. The number of benzene rings is 1. The lowest BCUT2D eigenvalue weighted by Crippen LogP contribution is -2.01. The lowest BCUT2D eigenvalue weighted by atomic mass is 10.0. The van der Waals surface area contributed by atoms with Gasteiger partial charge in [0.1, 0.15) is 0 Å². The van der Waals surface area contributed by atoms with E-state index in [4.69, 9.17) is 0 Å². The second-order valence-corrected chi connectivity index (χ2v) is 4.88. The van der Waals surface area contributed by atoms with E-state index in [0.29, 0.717) is 0 Å². The number of para-hydroxylation sites is 1. The zero-order valence-corrected chi connectivity index (χ0v) is 10.3. The van der Waals surface area contributed by atoms with Crippen molar-refractivity contribution >= 4 is 10.9 Å². The average Bonchev–Trinajstić information content (AvgIpc) is 2.82. The van der Waals surface area contributed by atoms with Gasteiger partial charge in [-0.15, -0.1) is 0 Å². The summed E-state index contributed by atoms with van der Waals surface area (Å²) in [7, 11) is 0. The van der Waals surface area contributed by atoms with Gasteiger partial charge in [0, 0.05) is 11.6 Å². The molecule has 1 atom stereocenters. The van der Waals surface area contributed by atoms with Crippen LogP contribution in [0.15, 0.2) is 48.2 Å². The van der Waals surface area contributed by atoms with Gasteiger partial charge >= 0.3 is 0 Å². The van der Waals surface area contributed by atoms with Crippen LogP contribution >= 0.6 is 0 Å². The number of rotatable bonds is 2. The van der Waals surface area contributed by atoms with E-state index in [-0.39, 0.29) is 6.10 Å². The second kappa shape index (κ2) is 4.91. The van der Waals surface area contributed by atoms with Crippen molar-refractivity contribution in [2.24, 2.45) is 0 Å². The molecule has 1 aliphatic rings. The van der Waals surface area contributed by atoms with Crippen LogP contribution in [-0.2, 0) is 6.42 Å². The fourth-order valence-corrected chi connectivity index (χ4v) is 2.66. The molecule has 92 valence electrons. The molecule has 2 aromatic rings. The van der Waals surface area contributed by atoms with E-state index in [9.17, 15) is 5.11 Å². The molecule has 1 N–H and O–H groups in total. The van der Waals surface area contributed by atoms with Crippen LogP contribution < -0.4 is 0 Å². The quantitative estimate of drug-likeness (QED) is 0.816. The minimum Gasteiger partial charge on any atom is -0.389 e. The molecule has 2 nitrogen and oxygen atoms in total. The van der Waals surface area contributed by atoms with E-state index in [2.05, 4.69) is 35.3 Å². The first kappa shape index (κ1) is 11.4. The van der Waals surface area contributed by atoms with Crippen LogP contribution in [0.5, 0.6) is 0 Å². The molecular formula is C16H17NO. The Morgan fingerprint density at radius 1 is 1.28 bits per heavy atom. The van der Waals surface area contributed by atoms with Gasteiger partial charge < -0.3 is 5.11 Å². The molecule has 1 heterocycles. The number of hydrogen-bond donors (Lipinski definition) is 1. The minimum atomic E-state index is -0.215. The average molecular weight is 239 g/mol. The first-order valence-electron chi connectivity index (χ1n) is 6.54. The summed E-state index contributed by atoms with van der Waals surface area (Å²) < 4.78 is 0. The number of hydrogen-bond acceptors (Lipinski definition) is 2. The molecule has 1 aromatic heterocycles. The van der Waals surface area contributed by atoms with E-state index in [1.165, 1.54) is 16.5 Å². The van der Waals surface area contributed by atoms with E-state index in [1.807, 2.05) is 12.3 Å². The van der Waals surface area contributed by atoms with Crippen LogP contribution in [0.2, 0.25) is 0 Å². The van der Waals surface area contributed by atoms with E-state index >= 15 is 0 Å². The lowest BCUT2D eigenvalue weighted by molar-refractivity contribution is 0.217. The molecule has 0 spiro atoms. The number of aliphatic hydroxyl groups excluding tert-OH is 1. The van der Waals surface area contributed by atoms with Gasteiger partial charge in [0.15, 0.2) is 0 Å². The topological polar surface area (TPSA) is 33.1 Å². The predicted octanol–water partition coefficient (Wildman–Crippen LogP) is 3.25. The molecule has 1 fully saturated rings. The van der Waals surface area contributed by atoms with Crippen LogP contribution in [0.25, 0.3) is 10.9 Å². The summed E-state index contributed by atoms with van der Waals surface area (Å²) in [6, 6.07) is 10.3. The molecule has 18 heavy (non-hydrogen) atoms. The van der Waals surface area contributed by atoms with Crippen molar-refractivity contribution in [3.8, 4) is 0 Å². The molecule has 2 heteroatoms. The van der Waals surface area contributed by atoms with E-state index in [0.717, 1.165) is 31.2 Å². The van der Waals surface area contributed by atoms with Gasteiger partial charge in [-0.2, -0.15) is 0 Å². The molecule has 0 radical (unpaired) electrons. The Morgan fingerprint density at radius 3 is 3.00 bits per heavy atom. The van der Waals surface area contributed by atoms with Crippen LogP contribution in [0.3, 0.4) is 0 Å². The van der Waals surface area contributed by atoms with Crippen LogP contribution in [-0.4, -0.2) is 16.2 Å². The molecule has 1 unspecified atom stereocenters. The molecular weight excluding hydrogens is 222 g/mol. The Bertz CT molecular complexity index is 583. The summed E-state index contributed by atoms with van der Waals surface area (Å²) in [5, 5.41) is 11.0. The summed E-state index contributed by atoms with van der Waals surface area (Å²) in [6.07, 6.45) is 7.73. The summed E-state index contributed by atoms with van der Waals surface area (Å²) in [5.74, 6) is 0. The maximum Gasteiger partial charge on any atom is 0.0750 e. The van der Waals surface area contributed by atoms with Gasteiger partial charge in [-0.25, -0.2) is 0 Å². The first-order chi connectivity index (χ1) is 8.84. The third kappa shape index (κ3) is 2.16. The zero-order chi connectivity index (χ0) is 12.4. The minimum absolute atomic E-state index is 0.215. The molecule has 1 saturated carbocycles. The second-order valence-electron chi connectivity index (χ2n) is 4.88. The lowest BCUT2D eigenvalue weighted by Gasteiger charge is -2.06. The Morgan fingerprint density at radius 2 is 2.17 bits per heavy atom. The van der Waals surface area contributed by atoms with Gasteiger partial charge in [0.2, 0.25) is 0 Å². The maximum atomic E-state index is 9.80. The number of fused-ring (bicyclic) bond motifs is 1. The van der Waals surface area contributed by atoms with Crippen LogP contribution in [0.1, 0.15) is 24.8 Å². The summed E-state index contributed by atoms with van der Waals surface area (Å²) >= 11 is 0. The number of pyridine rings is 1. The highest BCUT2D eigenvalue weighted by Gasteiger charge is 2.17. The summed E-state index contributed by atoms with van der Waals surface area (Å²) in [6.45, 7) is 0. The number of allylic oxidation sites excluding steroid dienone is 1. The largest absolute Gasteiger partial charge is 0.389 e. The van der Waals surface area contributed by atoms with Gasteiger partial charge in [0.25, 0.3) is 0 Å². The standard InChI is InChI=1S/C16H17NO/c18-15-8-2-4-12(15)9-10-14-6-1-5-13-7-3-11-17-16(13)14/h1,3,5-7,9,11,15,18H,2,4,8,10H2. The molecule has 1 aromatic carbocycles. The zero-order valence-electron chi connectivity index (χ0n) is 10.3. The highest BCUT2D eigenvalue weighted by Crippen LogP contribution is 2.25. The third-order valence-electron chi connectivity index (χ3n) is 3.67. The number of nitrogens with zero attached hydrogens (tertiary/aromatic N) is 1. The van der Waals surface area contributed by atoms with Crippen molar-refractivity contribution in [1.29, 1.82) is 0 Å². The molecule has 0 saturated heterocycles. The molecule has 0 bridgehead atoms. The maximum absolute atomic E-state index is 9.80. The SMILES string of the molecule is OC1CCCC1=CCc1cccc2cccnc12. The van der Waals surface area contributed by atoms with Crippen LogP contribution in [0.4, 0.5) is 0 Å². The van der Waals surface area contributed by atoms with Gasteiger partial charge in [-0.3, -0.25) is 4.98 Å². The van der Waals surface area contributed by atoms with Crippen molar-refractivity contribution in [1.82, 2.24) is 4.98 Å². The van der Waals surface area contributed by atoms with E-state index < -0.39 is 0 Å². The number of aliphatic hydroxyl groups is 1. The molecule has 1 aliphatic carbocycles. The third-order valence-corrected chi connectivity index (χ3v) is 3.67. The Kier molecular flexibility index (Phi) is 3.11. The highest BCUT2D eigenvalue weighted by molar-refractivity contribution is 5.81. The summed E-state index contributed by atoms with van der Waals surface area (Å²) in [4.78, 5) is 4.45. The van der Waals surface area contributed by atoms with Gasteiger partial charge in [0.05, 0.1) is 11.6 Å². The predicted molar refractivity (Wildman–Crippen MR) is 73.4 cm³/mol. The fraction of sp³-hybridized carbons (Fsp3) is 0.312. The molecule has 0 amide bonds. The van der Waals surface area contributed by atoms with Gasteiger partial charge in [-0.1, -0.05) is 30.3 Å². The van der Waals surface area contributed by atoms with Gasteiger partial charge in [-0.05, 0) is 42.9 Å². The normalized spacial score (nSPS) is 21.8. The Hall–Kier alpha value is -1.67. The van der Waals surface area contributed by atoms with Crippen molar-refractivity contribution < 1.29 is 5.11 Å². The Balaban J connectivity index is 1.91. The van der Waals surface area contributed by atoms with Crippen molar-refractivity contribution in [2.75, 3.05) is 0 Å². The molecule has 3 rings (SSSR count). The van der Waals surface area contributed by atoms with Crippen LogP contribution in [0, 0.1) is 0 Å². The van der Waals surface area contributed by atoms with Crippen molar-refractivity contribution in [3.05, 3.63) is 53.7 Å². The van der Waals surface area contributed by atoms with Crippen molar-refractivity contribution in [3.63, 3.8) is 0 Å². The Labute approximate surface area is 107 Å². The monoisotopic (exact) mass is 239 g/mol. The number of aromatic nitrogens is 1. The highest BCUT2D eigenvalue weighted by atomic mass is 16.3.